The minimum absolute atomic E-state index is 0.0522. The van der Waals surface area contributed by atoms with Crippen molar-refractivity contribution < 1.29 is 19.0 Å². The largest absolute Gasteiger partial charge is 0.497 e. The van der Waals surface area contributed by atoms with Crippen LogP contribution in [-0.2, 0) is 0 Å². The van der Waals surface area contributed by atoms with E-state index in [0.717, 1.165) is 0 Å². The second-order valence-electron chi connectivity index (χ2n) is 4.06. The Morgan fingerprint density at radius 1 is 1.11 bits per heavy atom. The molecule has 0 saturated heterocycles. The molecule has 0 fully saturated rings. The van der Waals surface area contributed by atoms with Gasteiger partial charge in [-0.1, -0.05) is 18.2 Å². The second kappa shape index (κ2) is 6.20. The summed E-state index contributed by atoms with van der Waals surface area (Å²) in [5.74, 6) is 0.894. The predicted molar refractivity (Wildman–Crippen MR) is 69.8 cm³/mol. The molecule has 0 aliphatic heterocycles. The van der Waals surface area contributed by atoms with Gasteiger partial charge in [0.25, 0.3) is 0 Å². The monoisotopic (exact) mass is 262 g/mol. The van der Waals surface area contributed by atoms with Gasteiger partial charge in [-0.3, -0.25) is 0 Å². The Morgan fingerprint density at radius 3 is 2.58 bits per heavy atom. The summed E-state index contributed by atoms with van der Waals surface area (Å²) in [5, 5.41) is 9.91. The van der Waals surface area contributed by atoms with Crippen LogP contribution in [0, 0.1) is 5.82 Å². The quantitative estimate of drug-likeness (QED) is 0.900. The number of aliphatic hydroxyl groups excluding tert-OH is 1. The molecule has 2 rings (SSSR count). The van der Waals surface area contributed by atoms with Crippen LogP contribution in [0.25, 0.3) is 0 Å². The lowest BCUT2D eigenvalue weighted by Gasteiger charge is -2.13. The zero-order chi connectivity index (χ0) is 13.7. The van der Waals surface area contributed by atoms with Crippen LogP contribution in [-0.4, -0.2) is 18.8 Å². The van der Waals surface area contributed by atoms with E-state index in [0.29, 0.717) is 17.1 Å². The van der Waals surface area contributed by atoms with E-state index < -0.39 is 6.10 Å². The molecule has 1 N–H and O–H groups in total. The zero-order valence-corrected chi connectivity index (χ0v) is 10.5. The Kier molecular flexibility index (Phi) is 4.36. The second-order valence-corrected chi connectivity index (χ2v) is 4.06. The third kappa shape index (κ3) is 3.69. The Labute approximate surface area is 111 Å². The number of halogens is 1. The number of methoxy groups -OCH3 is 1. The summed E-state index contributed by atoms with van der Waals surface area (Å²) < 4.78 is 23.5. The Bertz CT molecular complexity index is 542. The average Bonchev–Trinajstić information content (AvgIpc) is 2.45. The number of benzene rings is 2. The third-order valence-corrected chi connectivity index (χ3v) is 2.68. The molecule has 1 unspecified atom stereocenters. The van der Waals surface area contributed by atoms with Crippen LogP contribution in [0.3, 0.4) is 0 Å². The molecular weight excluding hydrogens is 247 g/mol. The van der Waals surface area contributed by atoms with E-state index in [-0.39, 0.29) is 12.4 Å². The van der Waals surface area contributed by atoms with E-state index in [1.54, 1.807) is 43.5 Å². The third-order valence-electron chi connectivity index (χ3n) is 2.68. The highest BCUT2D eigenvalue weighted by molar-refractivity contribution is 5.33. The average molecular weight is 262 g/mol. The van der Waals surface area contributed by atoms with Crippen molar-refractivity contribution in [3.8, 4) is 11.5 Å². The van der Waals surface area contributed by atoms with Gasteiger partial charge in [0, 0.05) is 6.07 Å². The van der Waals surface area contributed by atoms with E-state index in [4.69, 9.17) is 9.47 Å². The standard InChI is InChI=1S/C15H15FO3/c1-18-13-6-3-7-14(9-13)19-10-15(17)11-4-2-5-12(16)8-11/h2-9,15,17H,10H2,1H3. The molecule has 0 aliphatic carbocycles. The molecule has 0 radical (unpaired) electrons. The van der Waals surface area contributed by atoms with Gasteiger partial charge in [0.2, 0.25) is 0 Å². The van der Waals surface area contributed by atoms with E-state index in [1.165, 1.54) is 12.1 Å². The van der Waals surface area contributed by atoms with Crippen molar-refractivity contribution in [3.63, 3.8) is 0 Å². The van der Waals surface area contributed by atoms with Crippen LogP contribution < -0.4 is 9.47 Å². The highest BCUT2D eigenvalue weighted by atomic mass is 19.1. The Morgan fingerprint density at radius 2 is 1.84 bits per heavy atom. The first-order chi connectivity index (χ1) is 9.19. The first-order valence-corrected chi connectivity index (χ1v) is 5.89. The van der Waals surface area contributed by atoms with Crippen molar-refractivity contribution in [1.29, 1.82) is 0 Å². The maximum Gasteiger partial charge on any atom is 0.123 e. The Hall–Kier alpha value is -2.07. The van der Waals surface area contributed by atoms with Gasteiger partial charge >= 0.3 is 0 Å². The number of aliphatic hydroxyl groups is 1. The summed E-state index contributed by atoms with van der Waals surface area (Å²) >= 11 is 0. The minimum Gasteiger partial charge on any atom is -0.497 e. The van der Waals surface area contributed by atoms with Crippen molar-refractivity contribution in [3.05, 3.63) is 59.9 Å². The fourth-order valence-corrected chi connectivity index (χ4v) is 1.68. The molecule has 19 heavy (non-hydrogen) atoms. The summed E-state index contributed by atoms with van der Waals surface area (Å²) in [6.07, 6.45) is -0.873. The lowest BCUT2D eigenvalue weighted by molar-refractivity contribution is 0.108. The van der Waals surface area contributed by atoms with Crippen molar-refractivity contribution in [2.75, 3.05) is 13.7 Å². The van der Waals surface area contributed by atoms with E-state index >= 15 is 0 Å². The van der Waals surface area contributed by atoms with Crippen LogP contribution >= 0.6 is 0 Å². The van der Waals surface area contributed by atoms with Gasteiger partial charge in [-0.25, -0.2) is 4.39 Å². The molecule has 0 heterocycles. The summed E-state index contributed by atoms with van der Waals surface area (Å²) in [4.78, 5) is 0. The Balaban J connectivity index is 1.98. The molecule has 0 saturated carbocycles. The molecule has 2 aromatic carbocycles. The normalized spacial score (nSPS) is 11.9. The molecular formula is C15H15FO3. The molecule has 0 aromatic heterocycles. The first kappa shape index (κ1) is 13.4. The van der Waals surface area contributed by atoms with E-state index in [9.17, 15) is 9.50 Å². The fourth-order valence-electron chi connectivity index (χ4n) is 1.68. The molecule has 0 spiro atoms. The van der Waals surface area contributed by atoms with Crippen molar-refractivity contribution in [2.45, 2.75) is 6.10 Å². The number of ether oxygens (including phenoxy) is 2. The maximum absolute atomic E-state index is 13.0. The molecule has 3 nitrogen and oxygen atoms in total. The molecule has 4 heteroatoms. The van der Waals surface area contributed by atoms with Gasteiger partial charge in [0.05, 0.1) is 7.11 Å². The smallest absolute Gasteiger partial charge is 0.123 e. The van der Waals surface area contributed by atoms with Gasteiger partial charge in [-0.2, -0.15) is 0 Å². The summed E-state index contributed by atoms with van der Waals surface area (Å²) in [7, 11) is 1.57. The van der Waals surface area contributed by atoms with Crippen LogP contribution in [0.5, 0.6) is 11.5 Å². The van der Waals surface area contributed by atoms with Crippen molar-refractivity contribution >= 4 is 0 Å². The van der Waals surface area contributed by atoms with Gasteiger partial charge in [0.1, 0.15) is 30.0 Å². The minimum atomic E-state index is -0.873. The van der Waals surface area contributed by atoms with Gasteiger partial charge < -0.3 is 14.6 Å². The summed E-state index contributed by atoms with van der Waals surface area (Å²) in [6, 6.07) is 12.9. The summed E-state index contributed by atoms with van der Waals surface area (Å²) in [5.41, 5.74) is 0.489. The fraction of sp³-hybridized carbons (Fsp3) is 0.200. The number of hydrogen-bond acceptors (Lipinski definition) is 3. The predicted octanol–water partition coefficient (Wildman–Crippen LogP) is 2.95. The maximum atomic E-state index is 13.0. The highest BCUT2D eigenvalue weighted by Gasteiger charge is 2.09. The molecule has 2 aromatic rings. The van der Waals surface area contributed by atoms with Gasteiger partial charge in [-0.05, 0) is 29.8 Å². The van der Waals surface area contributed by atoms with Crippen LogP contribution in [0.15, 0.2) is 48.5 Å². The highest BCUT2D eigenvalue weighted by Crippen LogP contribution is 2.21. The topological polar surface area (TPSA) is 38.7 Å². The molecule has 0 aliphatic rings. The van der Waals surface area contributed by atoms with E-state index in [1.807, 2.05) is 0 Å². The summed E-state index contributed by atoms with van der Waals surface area (Å²) in [6.45, 7) is 0.0522. The van der Waals surface area contributed by atoms with Gasteiger partial charge in [0.15, 0.2) is 0 Å². The molecule has 100 valence electrons. The number of rotatable bonds is 5. The molecule has 1 atom stereocenters. The first-order valence-electron chi connectivity index (χ1n) is 5.89. The zero-order valence-electron chi connectivity index (χ0n) is 10.5. The van der Waals surface area contributed by atoms with Crippen LogP contribution in [0.2, 0.25) is 0 Å². The molecule has 0 amide bonds. The SMILES string of the molecule is COc1cccc(OCC(O)c2cccc(F)c2)c1. The van der Waals surface area contributed by atoms with Gasteiger partial charge in [-0.15, -0.1) is 0 Å². The van der Waals surface area contributed by atoms with E-state index in [2.05, 4.69) is 0 Å². The van der Waals surface area contributed by atoms with Crippen molar-refractivity contribution in [1.82, 2.24) is 0 Å². The van der Waals surface area contributed by atoms with Crippen LogP contribution in [0.1, 0.15) is 11.7 Å². The lowest BCUT2D eigenvalue weighted by Crippen LogP contribution is -2.09. The lowest BCUT2D eigenvalue weighted by atomic mass is 10.1. The number of hydrogen-bond donors (Lipinski definition) is 1. The van der Waals surface area contributed by atoms with Crippen LogP contribution in [0.4, 0.5) is 4.39 Å². The van der Waals surface area contributed by atoms with Crippen molar-refractivity contribution in [2.24, 2.45) is 0 Å². The molecule has 0 bridgehead atoms.